The summed E-state index contributed by atoms with van der Waals surface area (Å²) in [6.45, 7) is 2.15. The minimum Gasteiger partial charge on any atom is -0.506 e. The van der Waals surface area contributed by atoms with Crippen LogP contribution in [0.25, 0.3) is 0 Å². The van der Waals surface area contributed by atoms with Gasteiger partial charge < -0.3 is 14.9 Å². The number of hydrogen-bond donors (Lipinski definition) is 2. The first kappa shape index (κ1) is 28.3. The van der Waals surface area contributed by atoms with Crippen LogP contribution in [0.3, 0.4) is 0 Å². The SMILES string of the molecule is O=C(NS(=O)(=O)Cc1ccccc1)c1ccc(N2CCN(C(=O)c3cncc(C#Cc4cncc(O)c4)c3)CC2)cc1. The fourth-order valence-corrected chi connectivity index (χ4v) is 5.57. The van der Waals surface area contributed by atoms with Crippen LogP contribution in [0.15, 0.2) is 91.5 Å². The molecule has 4 aromatic rings. The van der Waals surface area contributed by atoms with Gasteiger partial charge >= 0.3 is 0 Å². The van der Waals surface area contributed by atoms with Crippen LogP contribution in [0.2, 0.25) is 0 Å². The van der Waals surface area contributed by atoms with Crippen molar-refractivity contribution in [2.45, 2.75) is 5.75 Å². The average Bonchev–Trinajstić information content (AvgIpc) is 3.00. The molecule has 0 spiro atoms. The number of carbonyl (C=O) groups is 2. The number of pyridine rings is 2. The van der Waals surface area contributed by atoms with Gasteiger partial charge in [0.05, 0.1) is 17.5 Å². The Hall–Kier alpha value is -5.21. The monoisotopic (exact) mass is 581 g/mol. The van der Waals surface area contributed by atoms with Crippen molar-refractivity contribution in [2.24, 2.45) is 0 Å². The summed E-state index contributed by atoms with van der Waals surface area (Å²) in [5.41, 5.74) is 3.24. The van der Waals surface area contributed by atoms with Gasteiger partial charge in [-0.25, -0.2) is 13.1 Å². The highest BCUT2D eigenvalue weighted by Crippen LogP contribution is 2.19. The number of aromatic hydroxyl groups is 1. The topological polar surface area (TPSA) is 133 Å². The zero-order chi connectivity index (χ0) is 29.5. The van der Waals surface area contributed by atoms with Gasteiger partial charge in [-0.3, -0.25) is 19.6 Å². The van der Waals surface area contributed by atoms with Gasteiger partial charge in [-0.2, -0.15) is 0 Å². The van der Waals surface area contributed by atoms with Crippen LogP contribution in [0.4, 0.5) is 5.69 Å². The van der Waals surface area contributed by atoms with Gasteiger partial charge in [0, 0.05) is 67.1 Å². The van der Waals surface area contributed by atoms with Crippen LogP contribution < -0.4 is 9.62 Å². The third kappa shape index (κ3) is 7.30. The molecule has 1 saturated heterocycles. The number of anilines is 1. The van der Waals surface area contributed by atoms with Crippen LogP contribution in [0.5, 0.6) is 5.75 Å². The molecule has 0 bridgehead atoms. The van der Waals surface area contributed by atoms with E-state index < -0.39 is 15.9 Å². The van der Waals surface area contributed by atoms with Gasteiger partial charge in [-0.15, -0.1) is 0 Å². The van der Waals surface area contributed by atoms with Crippen LogP contribution in [-0.2, 0) is 15.8 Å². The summed E-state index contributed by atoms with van der Waals surface area (Å²) in [6, 6.07) is 18.6. The fourth-order valence-electron chi connectivity index (χ4n) is 4.47. The normalized spacial score (nSPS) is 13.1. The molecule has 10 nitrogen and oxygen atoms in total. The largest absolute Gasteiger partial charge is 0.506 e. The Labute approximate surface area is 243 Å². The van der Waals surface area contributed by atoms with Crippen molar-refractivity contribution in [2.75, 3.05) is 31.1 Å². The Bertz CT molecular complexity index is 1760. The molecular weight excluding hydrogens is 554 g/mol. The molecule has 212 valence electrons. The van der Waals surface area contributed by atoms with E-state index in [0.717, 1.165) is 5.69 Å². The quantitative estimate of drug-likeness (QED) is 0.332. The highest BCUT2D eigenvalue weighted by atomic mass is 32.2. The fraction of sp³-hybridized carbons (Fsp3) is 0.161. The summed E-state index contributed by atoms with van der Waals surface area (Å²) in [7, 11) is -3.84. The number of aromatic nitrogens is 2. The number of piperazine rings is 1. The molecule has 2 amide bonds. The van der Waals surface area contributed by atoms with E-state index in [9.17, 15) is 23.1 Å². The lowest BCUT2D eigenvalue weighted by Crippen LogP contribution is -2.48. The number of nitrogens with zero attached hydrogens (tertiary/aromatic N) is 4. The summed E-state index contributed by atoms with van der Waals surface area (Å²) in [6.07, 6.45) is 5.94. The van der Waals surface area contributed by atoms with Crippen molar-refractivity contribution < 1.29 is 23.1 Å². The van der Waals surface area contributed by atoms with Gasteiger partial charge in [0.15, 0.2) is 0 Å². The van der Waals surface area contributed by atoms with Gasteiger partial charge in [-0.1, -0.05) is 42.2 Å². The molecule has 2 N–H and O–H groups in total. The number of carbonyl (C=O) groups excluding carboxylic acids is 2. The van der Waals surface area contributed by atoms with Crippen LogP contribution in [-0.4, -0.2) is 66.4 Å². The predicted molar refractivity (Wildman–Crippen MR) is 157 cm³/mol. The molecule has 5 rings (SSSR count). The van der Waals surface area contributed by atoms with E-state index in [2.05, 4.69) is 31.4 Å². The first-order valence-corrected chi connectivity index (χ1v) is 14.8. The molecule has 0 radical (unpaired) electrons. The number of rotatable bonds is 6. The summed E-state index contributed by atoms with van der Waals surface area (Å²) < 4.78 is 27.0. The van der Waals surface area contributed by atoms with Crippen molar-refractivity contribution >= 4 is 27.5 Å². The van der Waals surface area contributed by atoms with Crippen LogP contribution in [0.1, 0.15) is 37.4 Å². The maximum absolute atomic E-state index is 13.1. The summed E-state index contributed by atoms with van der Waals surface area (Å²) in [5.74, 6) is 4.75. The third-order valence-electron chi connectivity index (χ3n) is 6.57. The number of benzene rings is 2. The predicted octanol–water partition coefficient (Wildman–Crippen LogP) is 2.80. The molecular formula is C31H27N5O5S. The van der Waals surface area contributed by atoms with Gasteiger partial charge in [0.2, 0.25) is 10.0 Å². The molecule has 1 aliphatic heterocycles. The maximum atomic E-state index is 13.1. The standard InChI is InChI=1S/C31H27N5O5S/c37-29-17-25(19-33-21-29)7-6-24-16-27(20-32-18-24)31(39)36-14-12-35(13-15-36)28-10-8-26(9-11-28)30(38)34-42(40,41)22-23-4-2-1-3-5-23/h1-5,8-11,16-21,37H,12-15,22H2,(H,34,38). The van der Waals surface area contributed by atoms with E-state index >= 15 is 0 Å². The number of hydrogen-bond acceptors (Lipinski definition) is 8. The highest BCUT2D eigenvalue weighted by Gasteiger charge is 2.23. The van der Waals surface area contributed by atoms with E-state index in [1.54, 1.807) is 71.8 Å². The van der Waals surface area contributed by atoms with E-state index in [0.29, 0.717) is 48.4 Å². The van der Waals surface area contributed by atoms with E-state index in [-0.39, 0.29) is 23.0 Å². The molecule has 0 saturated carbocycles. The van der Waals surface area contributed by atoms with Crippen molar-refractivity contribution in [3.8, 4) is 17.6 Å². The lowest BCUT2D eigenvalue weighted by molar-refractivity contribution is 0.0746. The number of nitrogens with one attached hydrogen (secondary N) is 1. The van der Waals surface area contributed by atoms with E-state index in [1.807, 2.05) is 0 Å². The van der Waals surface area contributed by atoms with Crippen molar-refractivity contribution in [1.82, 2.24) is 19.6 Å². The summed E-state index contributed by atoms with van der Waals surface area (Å²) >= 11 is 0. The Morgan fingerprint density at radius 3 is 2.12 bits per heavy atom. The van der Waals surface area contributed by atoms with Crippen LogP contribution >= 0.6 is 0 Å². The lowest BCUT2D eigenvalue weighted by atomic mass is 10.1. The van der Waals surface area contributed by atoms with E-state index in [4.69, 9.17) is 0 Å². The zero-order valence-electron chi connectivity index (χ0n) is 22.5. The molecule has 2 aromatic heterocycles. The maximum Gasteiger partial charge on any atom is 0.264 e. The average molecular weight is 582 g/mol. The molecule has 3 heterocycles. The smallest absolute Gasteiger partial charge is 0.264 e. The van der Waals surface area contributed by atoms with Crippen LogP contribution in [0, 0.1) is 11.8 Å². The Kier molecular flexibility index (Phi) is 8.45. The number of sulfonamides is 1. The second-order valence-corrected chi connectivity index (χ2v) is 11.4. The lowest BCUT2D eigenvalue weighted by Gasteiger charge is -2.36. The van der Waals surface area contributed by atoms with Crippen molar-refractivity contribution in [1.29, 1.82) is 0 Å². The molecule has 0 aliphatic carbocycles. The molecule has 11 heteroatoms. The van der Waals surface area contributed by atoms with Gasteiger partial charge in [-0.05, 0) is 42.0 Å². The minimum absolute atomic E-state index is 0.0226. The summed E-state index contributed by atoms with van der Waals surface area (Å²) in [4.78, 5) is 37.6. The second-order valence-electron chi connectivity index (χ2n) is 9.65. The molecule has 2 aromatic carbocycles. The first-order valence-electron chi connectivity index (χ1n) is 13.1. The third-order valence-corrected chi connectivity index (χ3v) is 7.78. The minimum atomic E-state index is -3.84. The second kappa shape index (κ2) is 12.5. The van der Waals surface area contributed by atoms with Crippen molar-refractivity contribution in [3.05, 3.63) is 119 Å². The van der Waals surface area contributed by atoms with Crippen molar-refractivity contribution in [3.63, 3.8) is 0 Å². The first-order chi connectivity index (χ1) is 20.3. The Balaban J connectivity index is 1.16. The molecule has 1 fully saturated rings. The molecule has 0 unspecified atom stereocenters. The summed E-state index contributed by atoms with van der Waals surface area (Å²) in [5, 5.41) is 9.54. The Morgan fingerprint density at radius 2 is 1.45 bits per heavy atom. The van der Waals surface area contributed by atoms with Gasteiger partial charge in [0.1, 0.15) is 5.75 Å². The molecule has 42 heavy (non-hydrogen) atoms. The highest BCUT2D eigenvalue weighted by molar-refractivity contribution is 7.89. The molecule has 1 aliphatic rings. The van der Waals surface area contributed by atoms with Gasteiger partial charge in [0.25, 0.3) is 11.8 Å². The number of amides is 2. The molecule has 0 atom stereocenters. The Morgan fingerprint density at radius 1 is 0.810 bits per heavy atom. The zero-order valence-corrected chi connectivity index (χ0v) is 23.3. The van der Waals surface area contributed by atoms with E-state index in [1.165, 1.54) is 24.7 Å².